The smallest absolute Gasteiger partial charge is 0.462 e. The number of hydrogen-bond acceptors (Lipinski definition) is 15. The van der Waals surface area contributed by atoms with Crippen LogP contribution >= 0.6 is 15.6 Å². The fraction of sp³-hybridized carbons (Fsp3) is 0.949. The van der Waals surface area contributed by atoms with E-state index in [-0.39, 0.29) is 25.7 Å². The van der Waals surface area contributed by atoms with Crippen LogP contribution in [0.25, 0.3) is 0 Å². The average Bonchev–Trinajstić information content (AvgIpc) is 1.16. The predicted molar refractivity (Wildman–Crippen MR) is 395 cm³/mol. The first-order valence-electron chi connectivity index (χ1n) is 40.5. The van der Waals surface area contributed by atoms with Crippen molar-refractivity contribution in [2.24, 2.45) is 11.8 Å². The molecule has 576 valence electrons. The van der Waals surface area contributed by atoms with Crippen molar-refractivity contribution in [3.8, 4) is 0 Å². The van der Waals surface area contributed by atoms with Gasteiger partial charge in [0, 0.05) is 25.7 Å². The van der Waals surface area contributed by atoms with Gasteiger partial charge in [0.05, 0.1) is 26.4 Å². The van der Waals surface area contributed by atoms with Crippen LogP contribution in [-0.2, 0) is 65.4 Å². The fourth-order valence-corrected chi connectivity index (χ4v) is 13.6. The highest BCUT2D eigenvalue weighted by atomic mass is 31.2. The minimum atomic E-state index is -4.96. The number of aliphatic hydroxyl groups is 1. The maximum Gasteiger partial charge on any atom is 0.472 e. The van der Waals surface area contributed by atoms with Crippen molar-refractivity contribution in [1.82, 2.24) is 0 Å². The molecule has 0 aromatic heterocycles. The van der Waals surface area contributed by atoms with Crippen molar-refractivity contribution in [1.29, 1.82) is 0 Å². The molecule has 0 amide bonds. The van der Waals surface area contributed by atoms with E-state index in [0.29, 0.717) is 25.7 Å². The van der Waals surface area contributed by atoms with E-state index >= 15 is 0 Å². The molecule has 0 aromatic rings. The summed E-state index contributed by atoms with van der Waals surface area (Å²) >= 11 is 0. The lowest BCUT2D eigenvalue weighted by molar-refractivity contribution is -0.161. The molecule has 0 aliphatic rings. The lowest BCUT2D eigenvalue weighted by Gasteiger charge is -2.21. The Morgan fingerprint density at radius 2 is 0.474 bits per heavy atom. The van der Waals surface area contributed by atoms with Gasteiger partial charge in [-0.1, -0.05) is 356 Å². The Labute approximate surface area is 594 Å². The maximum atomic E-state index is 13.1. The Kier molecular flexibility index (Phi) is 68.4. The Hall–Kier alpha value is -1.94. The molecule has 0 bridgehead atoms. The third-order valence-electron chi connectivity index (χ3n) is 18.2. The molecule has 0 aromatic carbocycles. The molecule has 0 spiro atoms. The van der Waals surface area contributed by atoms with Crippen LogP contribution in [0.3, 0.4) is 0 Å². The molecule has 19 heteroatoms. The fourth-order valence-electron chi connectivity index (χ4n) is 12.0. The molecule has 0 heterocycles. The highest BCUT2D eigenvalue weighted by Gasteiger charge is 2.30. The van der Waals surface area contributed by atoms with E-state index in [9.17, 15) is 43.2 Å². The Morgan fingerprint density at radius 3 is 0.701 bits per heavy atom. The second kappa shape index (κ2) is 69.8. The Morgan fingerprint density at radius 1 is 0.278 bits per heavy atom. The lowest BCUT2D eigenvalue weighted by atomic mass is 10.0. The Balaban J connectivity index is 5.25. The highest BCUT2D eigenvalue weighted by Crippen LogP contribution is 2.45. The van der Waals surface area contributed by atoms with Crippen LogP contribution in [0.2, 0.25) is 0 Å². The summed E-state index contributed by atoms with van der Waals surface area (Å²) in [6.07, 6.45) is 58.2. The van der Waals surface area contributed by atoms with Crippen molar-refractivity contribution >= 4 is 39.5 Å². The van der Waals surface area contributed by atoms with Crippen molar-refractivity contribution in [3.05, 3.63) is 0 Å². The van der Waals surface area contributed by atoms with Gasteiger partial charge in [0.25, 0.3) is 0 Å². The number of unbranched alkanes of at least 4 members (excludes halogenated alkanes) is 47. The molecule has 0 radical (unpaired) electrons. The van der Waals surface area contributed by atoms with Gasteiger partial charge >= 0.3 is 39.5 Å². The quantitative estimate of drug-likeness (QED) is 0.0222. The van der Waals surface area contributed by atoms with Gasteiger partial charge in [-0.05, 0) is 37.5 Å². The monoisotopic (exact) mass is 1420 g/mol. The highest BCUT2D eigenvalue weighted by molar-refractivity contribution is 7.47. The Bertz CT molecular complexity index is 1870. The van der Waals surface area contributed by atoms with Gasteiger partial charge in [0.2, 0.25) is 0 Å². The van der Waals surface area contributed by atoms with E-state index < -0.39 is 97.5 Å². The molecule has 0 rings (SSSR count). The van der Waals surface area contributed by atoms with E-state index in [4.69, 9.17) is 37.0 Å². The third-order valence-corrected chi connectivity index (χ3v) is 20.1. The number of ether oxygens (including phenoxy) is 4. The summed E-state index contributed by atoms with van der Waals surface area (Å²) in [5, 5.41) is 10.6. The summed E-state index contributed by atoms with van der Waals surface area (Å²) in [7, 11) is -9.92. The number of rotatable bonds is 77. The molecule has 0 aliphatic heterocycles. The van der Waals surface area contributed by atoms with Crippen LogP contribution in [0.15, 0.2) is 0 Å². The number of phosphoric acid groups is 2. The number of carbonyl (C=O) groups excluding carboxylic acids is 4. The summed E-state index contributed by atoms with van der Waals surface area (Å²) in [6.45, 7) is 9.57. The van der Waals surface area contributed by atoms with Crippen molar-refractivity contribution in [2.75, 3.05) is 39.6 Å². The van der Waals surface area contributed by atoms with Gasteiger partial charge in [0.15, 0.2) is 12.2 Å². The van der Waals surface area contributed by atoms with E-state index in [1.165, 1.54) is 225 Å². The number of aliphatic hydroxyl groups excluding tert-OH is 1. The summed E-state index contributed by atoms with van der Waals surface area (Å²) in [5.74, 6) is -0.634. The minimum absolute atomic E-state index is 0.106. The van der Waals surface area contributed by atoms with E-state index in [2.05, 4.69) is 41.5 Å². The SMILES string of the molecule is CCCCCCCCCCCCCCCCCCCC(=O)O[C@H](COC(=O)CCCCCCCCCCCCCCCCCC)COP(=O)(O)OC[C@@H](O)COP(=O)(O)OC[C@@H](COC(=O)CCCCCCCCCCC(C)C)OC(=O)CCCCCCCCCCCCC(C)C. The minimum Gasteiger partial charge on any atom is -0.462 e. The van der Waals surface area contributed by atoms with Gasteiger partial charge in [0.1, 0.15) is 19.3 Å². The standard InChI is InChI=1S/C78H152O17P2/c1-7-9-11-13-15-17-19-21-23-25-27-29-31-36-44-50-56-62-77(82)94-73(66-88-75(80)60-54-48-42-35-30-28-26-24-22-20-18-16-14-12-10-8-2)68-92-96(84,85)90-64-72(79)65-91-97(86,87)93-69-74(67-89-76(81)61-55-49-43-39-38-41-47-53-59-71(5)6)95-78(83)63-57-51-45-37-33-32-34-40-46-52-58-70(3)4/h70-74,79H,7-69H2,1-6H3,(H,84,85)(H,86,87)/t72-,73-,74-/m1/s1. The van der Waals surface area contributed by atoms with E-state index in [0.717, 1.165) is 102 Å². The van der Waals surface area contributed by atoms with Crippen LogP contribution in [0.1, 0.15) is 408 Å². The number of carbonyl (C=O) groups is 4. The topological polar surface area (TPSA) is 237 Å². The molecule has 5 atom stereocenters. The largest absolute Gasteiger partial charge is 0.472 e. The summed E-state index contributed by atoms with van der Waals surface area (Å²) < 4.78 is 68.6. The third kappa shape index (κ3) is 72.2. The van der Waals surface area contributed by atoms with Crippen LogP contribution in [0, 0.1) is 11.8 Å². The van der Waals surface area contributed by atoms with Gasteiger partial charge in [-0.3, -0.25) is 37.3 Å². The van der Waals surface area contributed by atoms with Crippen molar-refractivity contribution in [2.45, 2.75) is 426 Å². The average molecular weight is 1420 g/mol. The zero-order valence-corrected chi connectivity index (χ0v) is 65.2. The first-order chi connectivity index (χ1) is 46.9. The first kappa shape index (κ1) is 95.1. The van der Waals surface area contributed by atoms with Crippen LogP contribution < -0.4 is 0 Å². The molecule has 0 aliphatic carbocycles. The zero-order chi connectivity index (χ0) is 71.4. The van der Waals surface area contributed by atoms with Gasteiger partial charge in [-0.2, -0.15) is 0 Å². The number of phosphoric ester groups is 2. The zero-order valence-electron chi connectivity index (χ0n) is 63.4. The van der Waals surface area contributed by atoms with Crippen LogP contribution in [0.4, 0.5) is 0 Å². The maximum absolute atomic E-state index is 13.1. The van der Waals surface area contributed by atoms with Crippen molar-refractivity contribution in [3.63, 3.8) is 0 Å². The molecule has 2 unspecified atom stereocenters. The molecule has 0 fully saturated rings. The second-order valence-electron chi connectivity index (χ2n) is 29.1. The lowest BCUT2D eigenvalue weighted by Crippen LogP contribution is -2.30. The molecule has 97 heavy (non-hydrogen) atoms. The molecular formula is C78H152O17P2. The van der Waals surface area contributed by atoms with Gasteiger partial charge < -0.3 is 33.8 Å². The van der Waals surface area contributed by atoms with Crippen LogP contribution in [0.5, 0.6) is 0 Å². The van der Waals surface area contributed by atoms with E-state index in [1.807, 2.05) is 0 Å². The summed E-state index contributed by atoms with van der Waals surface area (Å²) in [4.78, 5) is 72.9. The van der Waals surface area contributed by atoms with Gasteiger partial charge in [-0.25, -0.2) is 9.13 Å². The molecular weight excluding hydrogens is 1270 g/mol. The van der Waals surface area contributed by atoms with Crippen LogP contribution in [-0.4, -0.2) is 96.7 Å². The predicted octanol–water partition coefficient (Wildman–Crippen LogP) is 23.1. The number of hydrogen-bond donors (Lipinski definition) is 3. The van der Waals surface area contributed by atoms with Gasteiger partial charge in [-0.15, -0.1) is 0 Å². The van der Waals surface area contributed by atoms with E-state index in [1.54, 1.807) is 0 Å². The molecule has 3 N–H and O–H groups in total. The van der Waals surface area contributed by atoms with Crippen molar-refractivity contribution < 1.29 is 80.2 Å². The molecule has 0 saturated heterocycles. The first-order valence-corrected chi connectivity index (χ1v) is 43.5. The normalized spacial score (nSPS) is 14.0. The summed E-state index contributed by atoms with van der Waals surface area (Å²) in [5.41, 5.74) is 0. The molecule has 0 saturated carbocycles. The number of esters is 4. The second-order valence-corrected chi connectivity index (χ2v) is 32.0. The molecule has 17 nitrogen and oxygen atoms in total. The summed E-state index contributed by atoms with van der Waals surface area (Å²) in [6, 6.07) is 0.